The molecule has 1 aromatic heterocycles. The minimum atomic E-state index is -0.893. The first-order valence-electron chi connectivity index (χ1n) is 4.35. The first kappa shape index (κ1) is 12.9. The third-order valence-electron chi connectivity index (χ3n) is 1.76. The number of halogens is 1. The van der Waals surface area contributed by atoms with E-state index in [4.69, 9.17) is 11.6 Å². The van der Waals surface area contributed by atoms with Gasteiger partial charge in [0.15, 0.2) is 0 Å². The zero-order valence-electron chi connectivity index (χ0n) is 8.69. The fourth-order valence-corrected chi connectivity index (χ4v) is 1.65. The number of ether oxygens (including phenoxy) is 1. The Bertz CT molecular complexity index is 396. The Kier molecular flexibility index (Phi) is 4.63. The molecule has 0 aliphatic carbocycles. The summed E-state index contributed by atoms with van der Waals surface area (Å²) in [4.78, 5) is 22.9. The molecule has 1 rings (SSSR count). The summed E-state index contributed by atoms with van der Waals surface area (Å²) >= 11 is 6.65. The molecule has 0 radical (unpaired) electrons. The van der Waals surface area contributed by atoms with E-state index in [2.05, 4.69) is 19.6 Å². The Morgan fingerprint density at radius 2 is 2.31 bits per heavy atom. The Morgan fingerprint density at radius 3 is 2.81 bits per heavy atom. The van der Waals surface area contributed by atoms with Crippen LogP contribution in [0.2, 0.25) is 0 Å². The molecule has 1 N–H and O–H groups in total. The number of rotatable bonds is 4. The number of hydrogen-bond donors (Lipinski definition) is 1. The van der Waals surface area contributed by atoms with Crippen LogP contribution in [0, 0.1) is 6.92 Å². The van der Waals surface area contributed by atoms with E-state index in [1.807, 2.05) is 0 Å². The van der Waals surface area contributed by atoms with Gasteiger partial charge in [0.05, 0.1) is 12.8 Å². The second-order valence-electron chi connectivity index (χ2n) is 2.89. The highest BCUT2D eigenvalue weighted by molar-refractivity contribution is 7.08. The van der Waals surface area contributed by atoms with E-state index in [1.165, 1.54) is 7.11 Å². The number of alkyl halides is 1. The average molecular weight is 264 g/mol. The van der Waals surface area contributed by atoms with Gasteiger partial charge in [-0.25, -0.2) is 0 Å². The van der Waals surface area contributed by atoms with Gasteiger partial charge in [0.2, 0.25) is 0 Å². The SMILES string of the molecule is COC(=O)C(Cl)CNC(=O)c1snnc1C. The first-order valence-corrected chi connectivity index (χ1v) is 5.56. The van der Waals surface area contributed by atoms with Crippen LogP contribution in [0.3, 0.4) is 0 Å². The van der Waals surface area contributed by atoms with Crippen LogP contribution >= 0.6 is 23.1 Å². The highest BCUT2D eigenvalue weighted by Crippen LogP contribution is 2.08. The molecule has 1 amide bonds. The quantitative estimate of drug-likeness (QED) is 0.626. The number of nitrogens with one attached hydrogen (secondary N) is 1. The van der Waals surface area contributed by atoms with Crippen molar-refractivity contribution in [1.82, 2.24) is 14.9 Å². The summed E-state index contributed by atoms with van der Waals surface area (Å²) in [6.07, 6.45) is 0. The summed E-state index contributed by atoms with van der Waals surface area (Å²) in [6.45, 7) is 1.68. The fraction of sp³-hybridized carbons (Fsp3) is 0.500. The molecule has 16 heavy (non-hydrogen) atoms. The Balaban J connectivity index is 2.48. The molecule has 0 saturated carbocycles. The maximum Gasteiger partial charge on any atom is 0.325 e. The normalized spacial score (nSPS) is 11.9. The zero-order chi connectivity index (χ0) is 12.1. The highest BCUT2D eigenvalue weighted by Gasteiger charge is 2.19. The smallest absolute Gasteiger partial charge is 0.325 e. The molecule has 88 valence electrons. The van der Waals surface area contributed by atoms with Crippen LogP contribution in [0.1, 0.15) is 15.4 Å². The molecule has 8 heteroatoms. The van der Waals surface area contributed by atoms with E-state index in [9.17, 15) is 9.59 Å². The number of esters is 1. The maximum atomic E-state index is 11.6. The van der Waals surface area contributed by atoms with E-state index >= 15 is 0 Å². The minimum absolute atomic E-state index is 0.00437. The molecule has 0 aliphatic rings. The van der Waals surface area contributed by atoms with Gasteiger partial charge in [0.1, 0.15) is 10.3 Å². The van der Waals surface area contributed by atoms with Gasteiger partial charge in [-0.1, -0.05) is 4.49 Å². The van der Waals surface area contributed by atoms with Crippen molar-refractivity contribution >= 4 is 35.0 Å². The number of carbonyl (C=O) groups is 2. The molecule has 1 aromatic rings. The lowest BCUT2D eigenvalue weighted by Crippen LogP contribution is -2.34. The molecule has 0 spiro atoms. The zero-order valence-corrected chi connectivity index (χ0v) is 10.3. The van der Waals surface area contributed by atoms with Gasteiger partial charge in [-0.2, -0.15) is 0 Å². The van der Waals surface area contributed by atoms with Crippen LogP contribution in [0.4, 0.5) is 0 Å². The van der Waals surface area contributed by atoms with Crippen molar-refractivity contribution in [3.63, 3.8) is 0 Å². The number of amides is 1. The summed E-state index contributed by atoms with van der Waals surface area (Å²) in [5.41, 5.74) is 0.548. The molecule has 0 bridgehead atoms. The fourth-order valence-electron chi connectivity index (χ4n) is 0.913. The van der Waals surface area contributed by atoms with E-state index in [-0.39, 0.29) is 12.5 Å². The predicted octanol–water partition coefficient (Wildman–Crippen LogP) is 0.357. The van der Waals surface area contributed by atoms with Crippen LogP contribution in [-0.2, 0) is 9.53 Å². The molecule has 0 aromatic carbocycles. The van der Waals surface area contributed by atoms with E-state index in [1.54, 1.807) is 6.92 Å². The van der Waals surface area contributed by atoms with Crippen LogP contribution in [0.5, 0.6) is 0 Å². The van der Waals surface area contributed by atoms with Gasteiger partial charge in [0.25, 0.3) is 5.91 Å². The van der Waals surface area contributed by atoms with Crippen LogP contribution in [0.25, 0.3) is 0 Å². The van der Waals surface area contributed by atoms with Crippen molar-refractivity contribution in [3.8, 4) is 0 Å². The van der Waals surface area contributed by atoms with Gasteiger partial charge in [-0.05, 0) is 18.5 Å². The van der Waals surface area contributed by atoms with Crippen molar-refractivity contribution in [2.45, 2.75) is 12.3 Å². The van der Waals surface area contributed by atoms with E-state index < -0.39 is 11.3 Å². The van der Waals surface area contributed by atoms with Gasteiger partial charge >= 0.3 is 5.97 Å². The van der Waals surface area contributed by atoms with Crippen molar-refractivity contribution in [2.75, 3.05) is 13.7 Å². The van der Waals surface area contributed by atoms with E-state index in [0.29, 0.717) is 10.6 Å². The number of aryl methyl sites for hydroxylation is 1. The molecular formula is C8H10ClN3O3S. The average Bonchev–Trinajstić information content (AvgIpc) is 2.70. The summed E-state index contributed by atoms with van der Waals surface area (Å²) in [5.74, 6) is -0.928. The molecular weight excluding hydrogens is 254 g/mol. The number of aromatic nitrogens is 2. The molecule has 1 atom stereocenters. The Hall–Kier alpha value is -1.21. The van der Waals surface area contributed by atoms with Crippen molar-refractivity contribution in [1.29, 1.82) is 0 Å². The van der Waals surface area contributed by atoms with E-state index in [0.717, 1.165) is 11.5 Å². The topological polar surface area (TPSA) is 81.2 Å². The lowest BCUT2D eigenvalue weighted by Gasteiger charge is -2.07. The first-order chi connectivity index (χ1) is 7.56. The van der Waals surface area contributed by atoms with Crippen molar-refractivity contribution in [2.24, 2.45) is 0 Å². The van der Waals surface area contributed by atoms with Crippen LogP contribution < -0.4 is 5.32 Å². The van der Waals surface area contributed by atoms with Gasteiger partial charge in [-0.3, -0.25) is 9.59 Å². The second-order valence-corrected chi connectivity index (χ2v) is 4.17. The maximum absolute atomic E-state index is 11.6. The standard InChI is InChI=1S/C8H10ClN3O3S/c1-4-6(16-12-11-4)7(13)10-3-5(9)8(14)15-2/h5H,3H2,1-2H3,(H,10,13). The molecule has 6 nitrogen and oxygen atoms in total. The Labute approximate surface area is 101 Å². The predicted molar refractivity (Wildman–Crippen MR) is 58.6 cm³/mol. The number of methoxy groups -OCH3 is 1. The summed E-state index contributed by atoms with van der Waals surface area (Å²) in [5, 5.41) is 5.31. The van der Waals surface area contributed by atoms with Gasteiger partial charge in [0, 0.05) is 6.54 Å². The third-order valence-corrected chi connectivity index (χ3v) is 2.92. The second kappa shape index (κ2) is 5.76. The van der Waals surface area contributed by atoms with Crippen LogP contribution in [0.15, 0.2) is 0 Å². The molecule has 1 unspecified atom stereocenters. The van der Waals surface area contributed by atoms with Crippen LogP contribution in [-0.4, -0.2) is 40.5 Å². The van der Waals surface area contributed by atoms with Gasteiger partial charge in [-0.15, -0.1) is 16.7 Å². The van der Waals surface area contributed by atoms with Crippen molar-refractivity contribution in [3.05, 3.63) is 10.6 Å². The summed E-state index contributed by atoms with van der Waals surface area (Å²) in [6, 6.07) is 0. The summed E-state index contributed by atoms with van der Waals surface area (Å²) < 4.78 is 8.04. The molecule has 0 saturated heterocycles. The number of nitrogens with zero attached hydrogens (tertiary/aromatic N) is 2. The lowest BCUT2D eigenvalue weighted by molar-refractivity contribution is -0.140. The highest BCUT2D eigenvalue weighted by atomic mass is 35.5. The monoisotopic (exact) mass is 263 g/mol. The molecule has 0 aliphatic heterocycles. The van der Waals surface area contributed by atoms with Crippen molar-refractivity contribution < 1.29 is 14.3 Å². The Morgan fingerprint density at radius 1 is 1.62 bits per heavy atom. The molecule has 1 heterocycles. The lowest BCUT2D eigenvalue weighted by atomic mass is 10.3. The minimum Gasteiger partial charge on any atom is -0.468 e. The third kappa shape index (κ3) is 3.14. The number of hydrogen-bond acceptors (Lipinski definition) is 6. The molecule has 0 fully saturated rings. The summed E-state index contributed by atoms with van der Waals surface area (Å²) in [7, 11) is 1.23. The largest absolute Gasteiger partial charge is 0.468 e. The number of carbonyl (C=O) groups excluding carboxylic acids is 2. The van der Waals surface area contributed by atoms with Gasteiger partial charge < -0.3 is 10.1 Å².